The van der Waals surface area contributed by atoms with Gasteiger partial charge in [0.1, 0.15) is 11.5 Å². The van der Waals surface area contributed by atoms with E-state index in [4.69, 9.17) is 0 Å². The molecule has 0 aliphatic rings. The Morgan fingerprint density at radius 1 is 1.06 bits per heavy atom. The van der Waals surface area contributed by atoms with Gasteiger partial charge >= 0.3 is 0 Å². The van der Waals surface area contributed by atoms with Crippen molar-refractivity contribution in [1.29, 1.82) is 0 Å². The van der Waals surface area contributed by atoms with Crippen molar-refractivity contribution in [1.82, 2.24) is 19.6 Å². The Balaban J connectivity index is 2.32. The first-order valence-electron chi connectivity index (χ1n) is 5.08. The van der Waals surface area contributed by atoms with E-state index >= 15 is 0 Å². The SMILES string of the molecule is Cc1nnc2c(-c3ccccc3)nccn12. The molecule has 2 aromatic heterocycles. The average molecular weight is 210 g/mol. The second-order valence-electron chi connectivity index (χ2n) is 3.58. The number of rotatable bonds is 1. The molecule has 78 valence electrons. The van der Waals surface area contributed by atoms with Crippen molar-refractivity contribution in [3.63, 3.8) is 0 Å². The lowest BCUT2D eigenvalue weighted by Crippen LogP contribution is -1.92. The predicted molar refractivity (Wildman–Crippen MR) is 61.0 cm³/mol. The minimum Gasteiger partial charge on any atom is -0.283 e. The maximum absolute atomic E-state index is 4.37. The summed E-state index contributed by atoms with van der Waals surface area (Å²) in [6, 6.07) is 10.0. The number of fused-ring (bicyclic) bond motifs is 1. The van der Waals surface area contributed by atoms with Crippen molar-refractivity contribution in [2.24, 2.45) is 0 Å². The van der Waals surface area contributed by atoms with E-state index in [1.165, 1.54) is 0 Å². The Morgan fingerprint density at radius 2 is 1.88 bits per heavy atom. The molecule has 3 aromatic rings. The highest BCUT2D eigenvalue weighted by atomic mass is 15.2. The van der Waals surface area contributed by atoms with E-state index in [2.05, 4.69) is 15.2 Å². The van der Waals surface area contributed by atoms with Gasteiger partial charge in [-0.25, -0.2) is 0 Å². The summed E-state index contributed by atoms with van der Waals surface area (Å²) >= 11 is 0. The zero-order chi connectivity index (χ0) is 11.0. The molecule has 4 heteroatoms. The molecule has 0 unspecified atom stereocenters. The van der Waals surface area contributed by atoms with E-state index in [-0.39, 0.29) is 0 Å². The third-order valence-corrected chi connectivity index (χ3v) is 2.54. The first kappa shape index (κ1) is 9.03. The van der Waals surface area contributed by atoms with E-state index in [9.17, 15) is 0 Å². The lowest BCUT2D eigenvalue weighted by Gasteiger charge is -2.01. The van der Waals surface area contributed by atoms with Gasteiger partial charge in [0.25, 0.3) is 0 Å². The fraction of sp³-hybridized carbons (Fsp3) is 0.0833. The lowest BCUT2D eigenvalue weighted by molar-refractivity contribution is 1.00. The zero-order valence-electron chi connectivity index (χ0n) is 8.83. The molecule has 0 saturated carbocycles. The van der Waals surface area contributed by atoms with Crippen LogP contribution in [0.15, 0.2) is 42.7 Å². The van der Waals surface area contributed by atoms with Gasteiger partial charge in [-0.1, -0.05) is 30.3 Å². The average Bonchev–Trinajstić information content (AvgIpc) is 2.73. The van der Waals surface area contributed by atoms with Gasteiger partial charge in [0.15, 0.2) is 5.65 Å². The number of aromatic nitrogens is 4. The summed E-state index contributed by atoms with van der Waals surface area (Å²) < 4.78 is 1.94. The van der Waals surface area contributed by atoms with Crippen LogP contribution >= 0.6 is 0 Å². The van der Waals surface area contributed by atoms with Gasteiger partial charge < -0.3 is 0 Å². The Labute approximate surface area is 92.6 Å². The van der Waals surface area contributed by atoms with Crippen LogP contribution in [0.3, 0.4) is 0 Å². The minimum absolute atomic E-state index is 0.797. The van der Waals surface area contributed by atoms with Crippen molar-refractivity contribution in [3.05, 3.63) is 48.5 Å². The Kier molecular flexibility index (Phi) is 1.93. The number of hydrogen-bond acceptors (Lipinski definition) is 3. The monoisotopic (exact) mass is 210 g/mol. The highest BCUT2D eigenvalue weighted by Crippen LogP contribution is 2.20. The van der Waals surface area contributed by atoms with Gasteiger partial charge in [-0.3, -0.25) is 9.38 Å². The molecule has 1 aromatic carbocycles. The molecule has 0 spiro atoms. The number of hydrogen-bond donors (Lipinski definition) is 0. The largest absolute Gasteiger partial charge is 0.283 e. The maximum Gasteiger partial charge on any atom is 0.187 e. The molecular weight excluding hydrogens is 200 g/mol. The standard InChI is InChI=1S/C12H10N4/c1-9-14-15-12-11(13-7-8-16(9)12)10-5-3-2-4-6-10/h2-8H,1H3. The van der Waals surface area contributed by atoms with Crippen LogP contribution in [-0.4, -0.2) is 19.6 Å². The summed E-state index contributed by atoms with van der Waals surface area (Å²) in [4.78, 5) is 4.37. The van der Waals surface area contributed by atoms with Gasteiger partial charge in [-0.2, -0.15) is 0 Å². The van der Waals surface area contributed by atoms with Crippen molar-refractivity contribution in [2.75, 3.05) is 0 Å². The Morgan fingerprint density at radius 3 is 2.69 bits per heavy atom. The molecule has 0 fully saturated rings. The van der Waals surface area contributed by atoms with Crippen molar-refractivity contribution in [3.8, 4) is 11.3 Å². The fourth-order valence-electron chi connectivity index (χ4n) is 1.74. The number of benzene rings is 1. The normalized spacial score (nSPS) is 10.8. The highest BCUT2D eigenvalue weighted by molar-refractivity contribution is 5.73. The molecule has 0 amide bonds. The second kappa shape index (κ2) is 3.41. The Hall–Kier alpha value is -2.23. The van der Waals surface area contributed by atoms with Crippen molar-refractivity contribution >= 4 is 5.65 Å². The van der Waals surface area contributed by atoms with Crippen LogP contribution in [0, 0.1) is 6.92 Å². The maximum atomic E-state index is 4.37. The van der Waals surface area contributed by atoms with Crippen LogP contribution in [0.2, 0.25) is 0 Å². The van der Waals surface area contributed by atoms with E-state index in [0.717, 1.165) is 22.7 Å². The molecule has 0 aliphatic carbocycles. The first-order valence-corrected chi connectivity index (χ1v) is 5.08. The van der Waals surface area contributed by atoms with Gasteiger partial charge in [0.05, 0.1) is 0 Å². The van der Waals surface area contributed by atoms with Gasteiger partial charge in [-0.15, -0.1) is 10.2 Å². The molecule has 0 saturated heterocycles. The molecule has 0 aliphatic heterocycles. The molecule has 0 atom stereocenters. The van der Waals surface area contributed by atoms with E-state index in [1.807, 2.05) is 47.9 Å². The second-order valence-corrected chi connectivity index (χ2v) is 3.58. The summed E-state index contributed by atoms with van der Waals surface area (Å²) in [7, 11) is 0. The van der Waals surface area contributed by atoms with Gasteiger partial charge in [-0.05, 0) is 6.92 Å². The van der Waals surface area contributed by atoms with Crippen molar-refractivity contribution in [2.45, 2.75) is 6.92 Å². The number of nitrogens with zero attached hydrogens (tertiary/aromatic N) is 4. The van der Waals surface area contributed by atoms with Crippen LogP contribution in [0.5, 0.6) is 0 Å². The third kappa shape index (κ3) is 1.27. The van der Waals surface area contributed by atoms with Gasteiger partial charge in [0.2, 0.25) is 0 Å². The fourth-order valence-corrected chi connectivity index (χ4v) is 1.74. The Bertz CT molecular complexity index is 628. The smallest absolute Gasteiger partial charge is 0.187 e. The quantitative estimate of drug-likeness (QED) is 0.617. The summed E-state index contributed by atoms with van der Waals surface area (Å²) in [5, 5.41) is 8.20. The molecule has 0 bridgehead atoms. The summed E-state index contributed by atoms with van der Waals surface area (Å²) in [6.45, 7) is 1.93. The van der Waals surface area contributed by atoms with E-state index in [1.54, 1.807) is 6.20 Å². The van der Waals surface area contributed by atoms with Crippen LogP contribution in [-0.2, 0) is 0 Å². The van der Waals surface area contributed by atoms with Crippen LogP contribution in [0.25, 0.3) is 16.9 Å². The van der Waals surface area contributed by atoms with Crippen LogP contribution < -0.4 is 0 Å². The molecule has 0 radical (unpaired) electrons. The van der Waals surface area contributed by atoms with Crippen LogP contribution in [0.1, 0.15) is 5.82 Å². The van der Waals surface area contributed by atoms with Crippen LogP contribution in [0.4, 0.5) is 0 Å². The summed E-state index contributed by atoms with van der Waals surface area (Å²) in [5.41, 5.74) is 2.72. The highest BCUT2D eigenvalue weighted by Gasteiger charge is 2.08. The molecule has 0 N–H and O–H groups in total. The lowest BCUT2D eigenvalue weighted by atomic mass is 10.1. The molecule has 2 heterocycles. The van der Waals surface area contributed by atoms with E-state index in [0.29, 0.717) is 0 Å². The topological polar surface area (TPSA) is 43.1 Å². The molecule has 3 rings (SSSR count). The zero-order valence-corrected chi connectivity index (χ0v) is 8.83. The molecular formula is C12H10N4. The predicted octanol–water partition coefficient (Wildman–Crippen LogP) is 2.10. The number of aryl methyl sites for hydroxylation is 1. The summed E-state index contributed by atoms with van der Waals surface area (Å²) in [6.07, 6.45) is 3.64. The third-order valence-electron chi connectivity index (χ3n) is 2.54. The van der Waals surface area contributed by atoms with Gasteiger partial charge in [0, 0.05) is 18.0 Å². The summed E-state index contributed by atoms with van der Waals surface area (Å²) in [5.74, 6) is 0.870. The van der Waals surface area contributed by atoms with Crippen molar-refractivity contribution < 1.29 is 0 Å². The molecule has 16 heavy (non-hydrogen) atoms. The first-order chi connectivity index (χ1) is 7.86. The minimum atomic E-state index is 0.797. The molecule has 4 nitrogen and oxygen atoms in total. The van der Waals surface area contributed by atoms with E-state index < -0.39 is 0 Å².